The van der Waals surface area contributed by atoms with Crippen molar-refractivity contribution in [3.8, 4) is 0 Å². The molecule has 1 aromatic heterocycles. The van der Waals surface area contributed by atoms with Gasteiger partial charge in [-0.15, -0.1) is 0 Å². The van der Waals surface area contributed by atoms with Crippen molar-refractivity contribution in [3.63, 3.8) is 0 Å². The fourth-order valence-corrected chi connectivity index (χ4v) is 2.15. The molecule has 1 unspecified atom stereocenters. The van der Waals surface area contributed by atoms with Gasteiger partial charge in [-0.25, -0.2) is 0 Å². The van der Waals surface area contributed by atoms with E-state index in [1.165, 1.54) is 25.7 Å². The van der Waals surface area contributed by atoms with Gasteiger partial charge in [0, 0.05) is 6.54 Å². The summed E-state index contributed by atoms with van der Waals surface area (Å²) in [7, 11) is 0. The van der Waals surface area contributed by atoms with Crippen LogP contribution in [0.1, 0.15) is 39.5 Å². The van der Waals surface area contributed by atoms with E-state index in [-0.39, 0.29) is 0 Å². The molecule has 1 heterocycles. The van der Waals surface area contributed by atoms with Crippen molar-refractivity contribution in [1.82, 2.24) is 8.75 Å². The molecule has 0 amide bonds. The zero-order chi connectivity index (χ0) is 11.1. The average Bonchev–Trinajstić information content (AvgIpc) is 2.65. The summed E-state index contributed by atoms with van der Waals surface area (Å²) in [5, 5.41) is 3.75. The minimum absolute atomic E-state index is 0.491. The molecule has 5 heteroatoms. The van der Waals surface area contributed by atoms with Gasteiger partial charge in [0.15, 0.2) is 11.0 Å². The Bertz CT molecular complexity index is 277. The predicted molar refractivity (Wildman–Crippen MR) is 66.7 cm³/mol. The summed E-state index contributed by atoms with van der Waals surface area (Å²) in [5.41, 5.74) is 0. The molecule has 0 radical (unpaired) electrons. The smallest absolute Gasteiger partial charge is 0.186 e. The average molecular weight is 248 g/mol. The van der Waals surface area contributed by atoms with E-state index in [1.807, 2.05) is 0 Å². The molecule has 86 valence electrons. The molecular weight excluding hydrogens is 230 g/mol. The van der Waals surface area contributed by atoms with Crippen molar-refractivity contribution < 1.29 is 0 Å². The second-order valence-corrected chi connectivity index (χ2v) is 4.59. The largest absolute Gasteiger partial charge is 0.366 e. The summed E-state index contributed by atoms with van der Waals surface area (Å²) < 4.78 is 8.01. The normalized spacial score (nSPS) is 12.7. The monoisotopic (exact) mass is 247 g/mol. The third-order valence-corrected chi connectivity index (χ3v) is 3.44. The Morgan fingerprint density at radius 3 is 2.73 bits per heavy atom. The number of nitrogens with one attached hydrogen (secondary N) is 1. The van der Waals surface area contributed by atoms with Crippen LogP contribution in [0, 0.1) is 5.92 Å². The SMILES string of the molecule is CCCCC(CC)CNc1nsnc1Cl. The molecule has 0 bridgehead atoms. The van der Waals surface area contributed by atoms with Gasteiger partial charge in [-0.05, 0) is 12.3 Å². The van der Waals surface area contributed by atoms with Gasteiger partial charge in [0.2, 0.25) is 0 Å². The first-order valence-electron chi connectivity index (χ1n) is 5.49. The minimum Gasteiger partial charge on any atom is -0.366 e. The van der Waals surface area contributed by atoms with E-state index in [0.29, 0.717) is 11.1 Å². The third-order valence-electron chi connectivity index (χ3n) is 2.55. The van der Waals surface area contributed by atoms with Crippen LogP contribution in [0.2, 0.25) is 5.15 Å². The van der Waals surface area contributed by atoms with Gasteiger partial charge >= 0.3 is 0 Å². The summed E-state index contributed by atoms with van der Waals surface area (Å²) in [6, 6.07) is 0. The van der Waals surface area contributed by atoms with Gasteiger partial charge in [0.05, 0.1) is 11.7 Å². The molecule has 0 aliphatic carbocycles. The first-order chi connectivity index (χ1) is 7.27. The third kappa shape index (κ3) is 4.34. The van der Waals surface area contributed by atoms with Crippen molar-refractivity contribution >= 4 is 29.1 Å². The van der Waals surface area contributed by atoms with Gasteiger partial charge in [0.1, 0.15) is 0 Å². The highest BCUT2D eigenvalue weighted by Gasteiger charge is 2.09. The molecule has 0 aliphatic heterocycles. The number of hydrogen-bond acceptors (Lipinski definition) is 4. The fourth-order valence-electron chi connectivity index (χ4n) is 1.47. The van der Waals surface area contributed by atoms with Crippen LogP contribution < -0.4 is 5.32 Å². The Kier molecular flexibility index (Phi) is 5.95. The number of halogens is 1. The summed E-state index contributed by atoms with van der Waals surface area (Å²) in [5.74, 6) is 1.44. The van der Waals surface area contributed by atoms with Crippen molar-refractivity contribution in [1.29, 1.82) is 0 Å². The Morgan fingerprint density at radius 2 is 2.20 bits per heavy atom. The summed E-state index contributed by atoms with van der Waals surface area (Å²) in [6.07, 6.45) is 5.02. The lowest BCUT2D eigenvalue weighted by molar-refractivity contribution is 0.472. The number of anilines is 1. The highest BCUT2D eigenvalue weighted by atomic mass is 35.5. The van der Waals surface area contributed by atoms with Gasteiger partial charge in [0.25, 0.3) is 0 Å². The van der Waals surface area contributed by atoms with Crippen molar-refractivity contribution in [3.05, 3.63) is 5.15 Å². The van der Waals surface area contributed by atoms with E-state index < -0.39 is 0 Å². The van der Waals surface area contributed by atoms with Crippen LogP contribution in [-0.4, -0.2) is 15.3 Å². The number of nitrogens with zero attached hydrogens (tertiary/aromatic N) is 2. The fraction of sp³-hybridized carbons (Fsp3) is 0.800. The van der Waals surface area contributed by atoms with E-state index in [0.717, 1.165) is 24.1 Å². The lowest BCUT2D eigenvalue weighted by Crippen LogP contribution is -2.14. The molecule has 0 aliphatic rings. The Hall–Kier alpha value is -0.350. The summed E-state index contributed by atoms with van der Waals surface area (Å²) >= 11 is 6.99. The predicted octanol–water partition coefficient (Wildman–Crippen LogP) is 3.82. The minimum atomic E-state index is 0.491. The van der Waals surface area contributed by atoms with Crippen LogP contribution in [0.5, 0.6) is 0 Å². The first-order valence-corrected chi connectivity index (χ1v) is 6.60. The summed E-state index contributed by atoms with van der Waals surface area (Å²) in [4.78, 5) is 0. The zero-order valence-corrected chi connectivity index (χ0v) is 10.9. The molecule has 0 fully saturated rings. The lowest BCUT2D eigenvalue weighted by Gasteiger charge is -2.14. The number of hydrogen-bond donors (Lipinski definition) is 1. The molecule has 0 saturated carbocycles. The quantitative estimate of drug-likeness (QED) is 0.796. The first kappa shape index (κ1) is 12.7. The van der Waals surface area contributed by atoms with Gasteiger partial charge in [-0.1, -0.05) is 44.7 Å². The van der Waals surface area contributed by atoms with Crippen LogP contribution in [0.15, 0.2) is 0 Å². The van der Waals surface area contributed by atoms with E-state index in [9.17, 15) is 0 Å². The number of aromatic nitrogens is 2. The lowest BCUT2D eigenvalue weighted by atomic mass is 9.99. The Balaban J connectivity index is 2.31. The van der Waals surface area contributed by atoms with Gasteiger partial charge in [-0.3, -0.25) is 0 Å². The topological polar surface area (TPSA) is 37.8 Å². The standard InChI is InChI=1S/C10H18ClN3S/c1-3-5-6-8(4-2)7-12-10-9(11)13-15-14-10/h8H,3-7H2,1-2H3,(H,12,14). The Morgan fingerprint density at radius 1 is 1.40 bits per heavy atom. The molecule has 1 rings (SSSR count). The molecule has 15 heavy (non-hydrogen) atoms. The van der Waals surface area contributed by atoms with Crippen LogP contribution in [0.4, 0.5) is 5.82 Å². The zero-order valence-electron chi connectivity index (χ0n) is 9.29. The molecule has 0 aromatic carbocycles. The maximum atomic E-state index is 5.85. The highest BCUT2D eigenvalue weighted by molar-refractivity contribution is 6.99. The van der Waals surface area contributed by atoms with E-state index in [2.05, 4.69) is 27.9 Å². The molecule has 0 saturated heterocycles. The molecule has 3 nitrogen and oxygen atoms in total. The maximum Gasteiger partial charge on any atom is 0.186 e. The molecule has 1 atom stereocenters. The van der Waals surface area contributed by atoms with E-state index in [4.69, 9.17) is 11.6 Å². The summed E-state index contributed by atoms with van der Waals surface area (Å²) in [6.45, 7) is 5.39. The molecule has 1 N–H and O–H groups in total. The van der Waals surface area contributed by atoms with Crippen LogP contribution in [-0.2, 0) is 0 Å². The maximum absolute atomic E-state index is 5.85. The second-order valence-electron chi connectivity index (χ2n) is 3.70. The van der Waals surface area contributed by atoms with Crippen LogP contribution in [0.3, 0.4) is 0 Å². The Labute approximate surface area is 101 Å². The van der Waals surface area contributed by atoms with Gasteiger partial charge in [-0.2, -0.15) is 8.75 Å². The second kappa shape index (κ2) is 7.01. The molecule has 0 spiro atoms. The van der Waals surface area contributed by atoms with Crippen molar-refractivity contribution in [2.24, 2.45) is 5.92 Å². The highest BCUT2D eigenvalue weighted by Crippen LogP contribution is 2.19. The van der Waals surface area contributed by atoms with Gasteiger partial charge < -0.3 is 5.32 Å². The molecular formula is C10H18ClN3S. The number of unbranched alkanes of at least 4 members (excludes halogenated alkanes) is 1. The van der Waals surface area contributed by atoms with Crippen molar-refractivity contribution in [2.45, 2.75) is 39.5 Å². The van der Waals surface area contributed by atoms with E-state index >= 15 is 0 Å². The van der Waals surface area contributed by atoms with Crippen LogP contribution >= 0.6 is 23.3 Å². The van der Waals surface area contributed by atoms with Crippen LogP contribution in [0.25, 0.3) is 0 Å². The van der Waals surface area contributed by atoms with Crippen molar-refractivity contribution in [2.75, 3.05) is 11.9 Å². The van der Waals surface area contributed by atoms with E-state index in [1.54, 1.807) is 0 Å². The molecule has 1 aromatic rings. The number of rotatable bonds is 7.